The van der Waals surface area contributed by atoms with E-state index in [1.807, 2.05) is 0 Å². The second kappa shape index (κ2) is 11.7. The standard InChI is InChI=1S/C21H25F2N3O4/c1-26(14-20(28)25-16-4-3-5-18(12-16)29-2)13-19(27)24-11-10-15-6-8-17(9-7-15)30-21(22)23/h3-9,12,21H,10-11,13-14H2,1-2H3,(H,24,27)(H,25,28). The Balaban J connectivity index is 1.68. The van der Waals surface area contributed by atoms with Gasteiger partial charge in [-0.3, -0.25) is 14.5 Å². The molecule has 0 aliphatic rings. The highest BCUT2D eigenvalue weighted by Crippen LogP contribution is 2.16. The minimum Gasteiger partial charge on any atom is -0.497 e. The minimum atomic E-state index is -2.86. The molecule has 30 heavy (non-hydrogen) atoms. The number of nitrogens with zero attached hydrogens (tertiary/aromatic N) is 1. The van der Waals surface area contributed by atoms with Crippen molar-refractivity contribution < 1.29 is 27.8 Å². The third kappa shape index (κ3) is 8.44. The normalized spacial score (nSPS) is 10.7. The van der Waals surface area contributed by atoms with Gasteiger partial charge in [0.2, 0.25) is 11.8 Å². The zero-order valence-corrected chi connectivity index (χ0v) is 16.9. The van der Waals surface area contributed by atoms with E-state index < -0.39 is 6.61 Å². The fraction of sp³-hybridized carbons (Fsp3) is 0.333. The molecule has 0 atom stereocenters. The van der Waals surface area contributed by atoms with E-state index in [4.69, 9.17) is 4.74 Å². The molecule has 0 aliphatic heterocycles. The molecular formula is C21H25F2N3O4. The minimum absolute atomic E-state index is 0.0518. The molecule has 0 radical (unpaired) electrons. The third-order valence-corrected chi connectivity index (χ3v) is 4.06. The van der Waals surface area contributed by atoms with Crippen LogP contribution in [0, 0.1) is 0 Å². The number of halogens is 2. The smallest absolute Gasteiger partial charge is 0.387 e. The number of carbonyl (C=O) groups excluding carboxylic acids is 2. The summed E-state index contributed by atoms with van der Waals surface area (Å²) in [6.07, 6.45) is 0.542. The highest BCUT2D eigenvalue weighted by atomic mass is 19.3. The number of carbonyl (C=O) groups is 2. The van der Waals surface area contributed by atoms with Crippen LogP contribution in [-0.2, 0) is 16.0 Å². The van der Waals surface area contributed by atoms with Gasteiger partial charge in [-0.25, -0.2) is 0 Å². The molecule has 162 valence electrons. The molecule has 2 aromatic rings. The Hall–Kier alpha value is -3.20. The summed E-state index contributed by atoms with van der Waals surface area (Å²) < 4.78 is 33.7. The summed E-state index contributed by atoms with van der Waals surface area (Å²) in [5.74, 6) is 0.261. The maximum atomic E-state index is 12.1. The molecule has 7 nitrogen and oxygen atoms in total. The van der Waals surface area contributed by atoms with Crippen molar-refractivity contribution in [2.75, 3.05) is 39.1 Å². The number of methoxy groups -OCH3 is 1. The topological polar surface area (TPSA) is 79.9 Å². The van der Waals surface area contributed by atoms with E-state index >= 15 is 0 Å². The highest BCUT2D eigenvalue weighted by Gasteiger charge is 2.11. The molecule has 2 N–H and O–H groups in total. The van der Waals surface area contributed by atoms with Crippen LogP contribution in [-0.4, -0.2) is 57.1 Å². The van der Waals surface area contributed by atoms with Gasteiger partial charge in [-0.05, 0) is 43.3 Å². The van der Waals surface area contributed by atoms with Crippen LogP contribution >= 0.6 is 0 Å². The Morgan fingerprint density at radius 3 is 2.40 bits per heavy atom. The summed E-state index contributed by atoms with van der Waals surface area (Å²) >= 11 is 0. The van der Waals surface area contributed by atoms with Crippen LogP contribution in [0.15, 0.2) is 48.5 Å². The van der Waals surface area contributed by atoms with Gasteiger partial charge in [0, 0.05) is 18.3 Å². The fourth-order valence-corrected chi connectivity index (χ4v) is 2.69. The molecule has 9 heteroatoms. The molecule has 0 bridgehead atoms. The second-order valence-corrected chi connectivity index (χ2v) is 6.57. The maximum Gasteiger partial charge on any atom is 0.387 e. The van der Waals surface area contributed by atoms with Gasteiger partial charge in [0.05, 0.1) is 20.2 Å². The van der Waals surface area contributed by atoms with Crippen molar-refractivity contribution in [2.24, 2.45) is 0 Å². The fourth-order valence-electron chi connectivity index (χ4n) is 2.69. The quantitative estimate of drug-likeness (QED) is 0.583. The van der Waals surface area contributed by atoms with E-state index in [9.17, 15) is 18.4 Å². The first-order valence-corrected chi connectivity index (χ1v) is 9.28. The van der Waals surface area contributed by atoms with E-state index in [1.54, 1.807) is 55.5 Å². The Kier molecular flexibility index (Phi) is 9.02. The molecule has 0 unspecified atom stereocenters. The van der Waals surface area contributed by atoms with Gasteiger partial charge in [-0.1, -0.05) is 18.2 Å². The Labute approximate surface area is 174 Å². The van der Waals surface area contributed by atoms with Crippen LogP contribution in [0.3, 0.4) is 0 Å². The number of ether oxygens (including phenoxy) is 2. The van der Waals surface area contributed by atoms with Crippen LogP contribution in [0.1, 0.15) is 5.56 Å². The summed E-state index contributed by atoms with van der Waals surface area (Å²) in [6.45, 7) is -2.36. The van der Waals surface area contributed by atoms with Crippen molar-refractivity contribution in [1.29, 1.82) is 0 Å². The number of hydrogen-bond donors (Lipinski definition) is 2. The number of amides is 2. The summed E-state index contributed by atoms with van der Waals surface area (Å²) in [7, 11) is 3.22. The van der Waals surface area contributed by atoms with Gasteiger partial charge in [-0.15, -0.1) is 0 Å². The average molecular weight is 421 g/mol. The van der Waals surface area contributed by atoms with Crippen molar-refractivity contribution in [1.82, 2.24) is 10.2 Å². The number of hydrogen-bond acceptors (Lipinski definition) is 5. The molecule has 0 spiro atoms. The molecule has 0 aromatic heterocycles. The predicted octanol–water partition coefficient (Wildman–Crippen LogP) is 2.53. The first-order valence-electron chi connectivity index (χ1n) is 9.28. The molecule has 2 rings (SSSR count). The average Bonchev–Trinajstić information content (AvgIpc) is 2.68. The Morgan fingerprint density at radius 1 is 1.03 bits per heavy atom. The first kappa shape index (κ1) is 23.1. The van der Waals surface area contributed by atoms with Crippen LogP contribution in [0.4, 0.5) is 14.5 Å². The van der Waals surface area contributed by atoms with E-state index in [2.05, 4.69) is 15.4 Å². The molecule has 0 fully saturated rings. The van der Waals surface area contributed by atoms with Crippen molar-refractivity contribution in [2.45, 2.75) is 13.0 Å². The van der Waals surface area contributed by atoms with Crippen molar-refractivity contribution in [3.63, 3.8) is 0 Å². The second-order valence-electron chi connectivity index (χ2n) is 6.57. The van der Waals surface area contributed by atoms with E-state index in [0.29, 0.717) is 24.4 Å². The molecule has 0 aliphatic carbocycles. The highest BCUT2D eigenvalue weighted by molar-refractivity contribution is 5.92. The molecule has 2 amide bonds. The van der Waals surface area contributed by atoms with Crippen molar-refractivity contribution >= 4 is 17.5 Å². The lowest BCUT2D eigenvalue weighted by molar-refractivity contribution is -0.122. The molecule has 0 heterocycles. The number of likely N-dealkylation sites (N-methyl/N-ethyl adjacent to an activating group) is 1. The summed E-state index contributed by atoms with van der Waals surface area (Å²) in [5.41, 5.74) is 1.49. The Bertz CT molecular complexity index is 831. The number of nitrogens with one attached hydrogen (secondary N) is 2. The number of rotatable bonds is 11. The summed E-state index contributed by atoms with van der Waals surface area (Å²) in [4.78, 5) is 25.8. The van der Waals surface area contributed by atoms with E-state index in [0.717, 1.165) is 5.56 Å². The third-order valence-electron chi connectivity index (χ3n) is 4.06. The van der Waals surface area contributed by atoms with Gasteiger partial charge in [0.1, 0.15) is 11.5 Å². The molecule has 2 aromatic carbocycles. The van der Waals surface area contributed by atoms with E-state index in [1.165, 1.54) is 12.1 Å². The van der Waals surface area contributed by atoms with Gasteiger partial charge < -0.3 is 20.1 Å². The lowest BCUT2D eigenvalue weighted by Crippen LogP contribution is -2.39. The number of anilines is 1. The molecule has 0 saturated carbocycles. The first-order chi connectivity index (χ1) is 14.4. The molecular weight excluding hydrogens is 396 g/mol. The summed E-state index contributed by atoms with van der Waals surface area (Å²) in [6, 6.07) is 13.2. The lowest BCUT2D eigenvalue weighted by atomic mass is 10.1. The number of benzene rings is 2. The van der Waals surface area contributed by atoms with Gasteiger partial charge in [-0.2, -0.15) is 8.78 Å². The zero-order chi connectivity index (χ0) is 21.9. The summed E-state index contributed by atoms with van der Waals surface area (Å²) in [5, 5.41) is 5.52. The van der Waals surface area contributed by atoms with Gasteiger partial charge in [0.25, 0.3) is 0 Å². The van der Waals surface area contributed by atoms with Crippen LogP contribution in [0.5, 0.6) is 11.5 Å². The SMILES string of the molecule is COc1cccc(NC(=O)CN(C)CC(=O)NCCc2ccc(OC(F)F)cc2)c1. The largest absolute Gasteiger partial charge is 0.497 e. The van der Waals surface area contributed by atoms with Gasteiger partial charge >= 0.3 is 6.61 Å². The monoisotopic (exact) mass is 421 g/mol. The Morgan fingerprint density at radius 2 is 1.73 bits per heavy atom. The van der Waals surface area contributed by atoms with Gasteiger partial charge in [0.15, 0.2) is 0 Å². The van der Waals surface area contributed by atoms with Crippen molar-refractivity contribution in [3.05, 3.63) is 54.1 Å². The van der Waals surface area contributed by atoms with Crippen LogP contribution < -0.4 is 20.1 Å². The maximum absolute atomic E-state index is 12.1. The van der Waals surface area contributed by atoms with Crippen LogP contribution in [0.25, 0.3) is 0 Å². The molecule has 0 saturated heterocycles. The van der Waals surface area contributed by atoms with E-state index in [-0.39, 0.29) is 30.7 Å². The lowest BCUT2D eigenvalue weighted by Gasteiger charge is -2.16. The zero-order valence-electron chi connectivity index (χ0n) is 16.9. The number of alkyl halides is 2. The van der Waals surface area contributed by atoms with Crippen molar-refractivity contribution in [3.8, 4) is 11.5 Å². The van der Waals surface area contributed by atoms with Crippen LogP contribution in [0.2, 0.25) is 0 Å². The predicted molar refractivity (Wildman–Crippen MR) is 109 cm³/mol.